The third kappa shape index (κ3) is 12.5. The summed E-state index contributed by atoms with van der Waals surface area (Å²) in [7, 11) is 0. The minimum Gasteiger partial charge on any atom is -0.456 e. The van der Waals surface area contributed by atoms with Gasteiger partial charge in [0, 0.05) is 60.4 Å². The quantitative estimate of drug-likeness (QED) is 0.0384. The largest absolute Gasteiger partial charge is 0.456 e. The van der Waals surface area contributed by atoms with Crippen LogP contribution in [0.5, 0.6) is 0 Å². The van der Waals surface area contributed by atoms with Crippen LogP contribution in [0.2, 0.25) is 0 Å². The molecule has 0 fully saturated rings. The highest BCUT2D eigenvalue weighted by Gasteiger charge is 2.49. The maximum Gasteiger partial charge on any atom is 0.143 e. The molecular formula is C98H109NO2. The molecule has 0 aliphatic heterocycles. The molecule has 0 saturated carbocycles. The average molecular weight is 1330 g/mol. The van der Waals surface area contributed by atoms with Crippen LogP contribution in [0.15, 0.2) is 203 Å². The fourth-order valence-corrected chi connectivity index (χ4v) is 19.3. The molecule has 3 nitrogen and oxygen atoms in total. The van der Waals surface area contributed by atoms with Crippen molar-refractivity contribution in [2.45, 2.75) is 244 Å². The number of rotatable bonds is 33. The molecule has 0 atom stereocenters. The Morgan fingerprint density at radius 1 is 0.307 bits per heavy atom. The van der Waals surface area contributed by atoms with Gasteiger partial charge in [-0.3, -0.25) is 0 Å². The van der Waals surface area contributed by atoms with Crippen molar-refractivity contribution in [2.24, 2.45) is 0 Å². The number of hydrogen-bond acceptors (Lipinski definition) is 3. The van der Waals surface area contributed by atoms with Gasteiger partial charge in [-0.1, -0.05) is 323 Å². The summed E-state index contributed by atoms with van der Waals surface area (Å²) in [4.78, 5) is 2.64. The Hall–Kier alpha value is -8.40. The van der Waals surface area contributed by atoms with E-state index in [4.69, 9.17) is 8.83 Å². The van der Waals surface area contributed by atoms with Crippen LogP contribution in [-0.2, 0) is 16.2 Å². The summed E-state index contributed by atoms with van der Waals surface area (Å²) in [6.07, 6.45) is 35.6. The number of aryl methyl sites for hydroxylation is 1. The van der Waals surface area contributed by atoms with Crippen LogP contribution in [-0.4, -0.2) is 0 Å². The SMILES string of the molecule is CCCCCCCCC1(CCCCCCCC)c2cc(N(c3ccc4c(c3)C(C)(C)c3cc(-c5ccccc5-c5ccccc5)c5oc6ccccc6c5c3-4)c3ccccc3C)ccc2-c2cc3c(cc21)-c1c(ccc2oc4ccccc4c12)C3(CCCCCCCC)CCCCCCCC. The Balaban J connectivity index is 0.922. The van der Waals surface area contributed by atoms with Gasteiger partial charge in [0.15, 0.2) is 0 Å². The summed E-state index contributed by atoms with van der Waals surface area (Å²) in [6.45, 7) is 16.7. The molecule has 15 rings (SSSR count). The lowest BCUT2D eigenvalue weighted by atomic mass is 9.68. The van der Waals surface area contributed by atoms with Gasteiger partial charge in [-0.2, -0.15) is 0 Å². The van der Waals surface area contributed by atoms with E-state index in [0.29, 0.717) is 0 Å². The molecule has 3 aliphatic rings. The van der Waals surface area contributed by atoms with E-state index in [0.717, 1.165) is 46.1 Å². The molecule has 518 valence electrons. The maximum atomic E-state index is 7.12. The summed E-state index contributed by atoms with van der Waals surface area (Å²) in [5.41, 5.74) is 30.4. The van der Waals surface area contributed by atoms with Crippen molar-refractivity contribution in [1.82, 2.24) is 0 Å². The summed E-state index contributed by atoms with van der Waals surface area (Å²) in [5, 5.41) is 4.95. The molecule has 2 aromatic heterocycles. The Bertz CT molecular complexity index is 4880. The van der Waals surface area contributed by atoms with Gasteiger partial charge in [0.1, 0.15) is 22.3 Å². The Labute approximate surface area is 604 Å². The Morgan fingerprint density at radius 3 is 1.38 bits per heavy atom. The van der Waals surface area contributed by atoms with E-state index in [-0.39, 0.29) is 16.2 Å². The number of anilines is 3. The van der Waals surface area contributed by atoms with Crippen molar-refractivity contribution in [3.05, 3.63) is 233 Å². The first-order valence-corrected chi connectivity index (χ1v) is 40.1. The van der Waals surface area contributed by atoms with Crippen LogP contribution in [0, 0.1) is 6.92 Å². The molecule has 12 aromatic rings. The predicted octanol–water partition coefficient (Wildman–Crippen LogP) is 30.4. The first-order valence-electron chi connectivity index (χ1n) is 40.1. The highest BCUT2D eigenvalue weighted by Crippen LogP contribution is 2.64. The third-order valence-electron chi connectivity index (χ3n) is 24.6. The highest BCUT2D eigenvalue weighted by atomic mass is 16.3. The molecule has 2 heterocycles. The van der Waals surface area contributed by atoms with E-state index in [1.807, 2.05) is 0 Å². The van der Waals surface area contributed by atoms with E-state index in [2.05, 4.69) is 247 Å². The molecule has 10 aromatic carbocycles. The summed E-state index contributed by atoms with van der Waals surface area (Å²) in [5.74, 6) is 0. The number of benzene rings is 10. The van der Waals surface area contributed by atoms with Gasteiger partial charge in [0.05, 0.1) is 0 Å². The summed E-state index contributed by atoms with van der Waals surface area (Å²) in [6, 6.07) is 75.1. The van der Waals surface area contributed by atoms with Crippen LogP contribution in [0.1, 0.15) is 260 Å². The predicted molar refractivity (Wildman–Crippen MR) is 433 cm³/mol. The second kappa shape index (κ2) is 29.9. The lowest BCUT2D eigenvalue weighted by molar-refractivity contribution is 0.394. The molecule has 3 aliphatic carbocycles. The van der Waals surface area contributed by atoms with Crippen molar-refractivity contribution in [1.29, 1.82) is 0 Å². The minimum absolute atomic E-state index is 0.0982. The lowest BCUT2D eigenvalue weighted by Gasteiger charge is -2.35. The van der Waals surface area contributed by atoms with Crippen molar-refractivity contribution < 1.29 is 8.83 Å². The van der Waals surface area contributed by atoms with E-state index >= 15 is 0 Å². The molecule has 3 heteroatoms. The van der Waals surface area contributed by atoms with E-state index in [9.17, 15) is 0 Å². The van der Waals surface area contributed by atoms with Crippen LogP contribution >= 0.6 is 0 Å². The zero-order valence-corrected chi connectivity index (χ0v) is 62.0. The van der Waals surface area contributed by atoms with Crippen LogP contribution in [0.3, 0.4) is 0 Å². The Kier molecular flexibility index (Phi) is 20.2. The van der Waals surface area contributed by atoms with Gasteiger partial charge >= 0.3 is 0 Å². The fourth-order valence-electron chi connectivity index (χ4n) is 19.3. The minimum atomic E-state index is -0.350. The van der Waals surface area contributed by atoms with Crippen molar-refractivity contribution in [2.75, 3.05) is 4.90 Å². The van der Waals surface area contributed by atoms with Gasteiger partial charge in [0.25, 0.3) is 0 Å². The molecule has 0 radical (unpaired) electrons. The molecule has 0 spiro atoms. The monoisotopic (exact) mass is 1330 g/mol. The standard InChI is InChI=1S/C98H109NO2/c1-8-12-16-20-24-39-59-97(60-40-25-21-17-13-9-2)81-57-58-90-93(76-48-34-37-51-88(76)100-90)92(81)80-67-84-78(65-85(80)97)74-55-53-71(64-83(74)98(84,61-41-26-22-18-14-10-3)62-42-27-23-19-15-11-4)99(87-50-36-31-43-68(87)5)70-54-56-75-82(63-70)96(6,7)86-66-79(73-47-33-32-46-72(73)69-44-29-28-30-45-69)95-94(91(75)86)77-49-35-38-52-89(77)101-95/h28-38,43-58,63-67H,8-27,39-42,59-62H2,1-7H3. The van der Waals surface area contributed by atoms with Crippen molar-refractivity contribution in [3.8, 4) is 55.6 Å². The molecule has 0 bridgehead atoms. The Morgan fingerprint density at radius 2 is 0.762 bits per heavy atom. The second-order valence-electron chi connectivity index (χ2n) is 31.4. The fraction of sp³-hybridized carbons (Fsp3) is 0.388. The van der Waals surface area contributed by atoms with Gasteiger partial charge < -0.3 is 13.7 Å². The van der Waals surface area contributed by atoms with E-state index in [1.165, 1.54) is 267 Å². The summed E-state index contributed by atoms with van der Waals surface area (Å²) < 4.78 is 14.1. The number of para-hydroxylation sites is 3. The second-order valence-corrected chi connectivity index (χ2v) is 31.4. The normalized spacial score (nSPS) is 14.2. The van der Waals surface area contributed by atoms with Crippen LogP contribution < -0.4 is 4.90 Å². The number of nitrogens with zero attached hydrogens (tertiary/aromatic N) is 1. The molecule has 0 amide bonds. The number of hydrogen-bond donors (Lipinski definition) is 0. The molecule has 101 heavy (non-hydrogen) atoms. The van der Waals surface area contributed by atoms with Gasteiger partial charge in [-0.15, -0.1) is 0 Å². The number of furan rings is 2. The number of unbranched alkanes of at least 4 members (excludes halogenated alkanes) is 20. The zero-order valence-electron chi connectivity index (χ0n) is 62.0. The first kappa shape index (κ1) is 68.4. The maximum absolute atomic E-state index is 7.12. The van der Waals surface area contributed by atoms with Crippen LogP contribution in [0.4, 0.5) is 17.1 Å². The average Bonchev–Trinajstić information content (AvgIpc) is 1.53. The summed E-state index contributed by atoms with van der Waals surface area (Å²) >= 11 is 0. The van der Waals surface area contributed by atoms with Gasteiger partial charge in [-0.05, 0) is 188 Å². The highest BCUT2D eigenvalue weighted by molar-refractivity contribution is 6.20. The first-order chi connectivity index (χ1) is 49.6. The van der Waals surface area contributed by atoms with Gasteiger partial charge in [-0.25, -0.2) is 0 Å². The molecule has 0 saturated heterocycles. The topological polar surface area (TPSA) is 29.5 Å². The molecule has 0 N–H and O–H groups in total. The molecule has 0 unspecified atom stereocenters. The third-order valence-corrected chi connectivity index (χ3v) is 24.6. The van der Waals surface area contributed by atoms with Crippen molar-refractivity contribution in [3.63, 3.8) is 0 Å². The molecular weight excluding hydrogens is 1220 g/mol. The smallest absolute Gasteiger partial charge is 0.143 e. The number of fused-ring (bicyclic) bond motifs is 17. The van der Waals surface area contributed by atoms with Crippen LogP contribution in [0.25, 0.3) is 99.5 Å². The van der Waals surface area contributed by atoms with E-state index < -0.39 is 0 Å². The lowest BCUT2D eigenvalue weighted by Crippen LogP contribution is -2.27. The zero-order chi connectivity index (χ0) is 69.1. The van der Waals surface area contributed by atoms with E-state index in [1.54, 1.807) is 22.3 Å². The van der Waals surface area contributed by atoms with Gasteiger partial charge in [0.2, 0.25) is 0 Å². The van der Waals surface area contributed by atoms with Crippen molar-refractivity contribution >= 4 is 60.9 Å².